The molecule has 0 aromatic heterocycles. The van der Waals surface area contributed by atoms with E-state index in [0.29, 0.717) is 6.54 Å². The van der Waals surface area contributed by atoms with Gasteiger partial charge in [0.25, 0.3) is 0 Å². The average Bonchev–Trinajstić information content (AvgIpc) is 2.52. The molecule has 23 heavy (non-hydrogen) atoms. The number of benzene rings is 1. The van der Waals surface area contributed by atoms with Crippen LogP contribution in [-0.2, 0) is 6.42 Å². The molecule has 1 atom stereocenters. The topological polar surface area (TPSA) is 59.8 Å². The second-order valence-corrected chi connectivity index (χ2v) is 6.60. The van der Waals surface area contributed by atoms with Crippen molar-refractivity contribution in [2.75, 3.05) is 20.8 Å². The largest absolute Gasteiger partial charge is 0.496 e. The number of ether oxygens (including phenoxy) is 2. The Bertz CT molecular complexity index is 614. The highest BCUT2D eigenvalue weighted by Gasteiger charge is 2.31. The average molecular weight is 398 g/mol. The van der Waals surface area contributed by atoms with E-state index >= 15 is 0 Å². The minimum absolute atomic E-state index is 0.224. The van der Waals surface area contributed by atoms with Gasteiger partial charge in [0.15, 0.2) is 9.68 Å². The van der Waals surface area contributed by atoms with Gasteiger partial charge in [0.1, 0.15) is 11.5 Å². The lowest BCUT2D eigenvalue weighted by molar-refractivity contribution is 0.275. The zero-order valence-corrected chi connectivity index (χ0v) is 15.5. The summed E-state index contributed by atoms with van der Waals surface area (Å²) in [6.07, 6.45) is 8.55. The highest BCUT2D eigenvalue weighted by molar-refractivity contribution is 9.10. The summed E-state index contributed by atoms with van der Waals surface area (Å²) in [7, 11) is 3.32. The SMILES string of the molecule is COc1cccc(OC)c1CCN1C=CC=CC1(Br)NC(N)=S. The highest BCUT2D eigenvalue weighted by atomic mass is 79.9. The molecule has 1 aromatic rings. The predicted octanol–water partition coefficient (Wildman–Crippen LogP) is 2.51. The van der Waals surface area contributed by atoms with Crippen molar-refractivity contribution in [2.45, 2.75) is 11.0 Å². The maximum absolute atomic E-state index is 5.63. The molecular formula is C16H20BrN3O2S. The number of hydrogen-bond acceptors (Lipinski definition) is 4. The van der Waals surface area contributed by atoms with Gasteiger partial charge in [0.05, 0.1) is 14.2 Å². The molecule has 1 aliphatic heterocycles. The van der Waals surface area contributed by atoms with Crippen molar-refractivity contribution in [3.63, 3.8) is 0 Å². The van der Waals surface area contributed by atoms with Crippen LogP contribution < -0.4 is 20.5 Å². The Hall–Kier alpha value is -1.73. The van der Waals surface area contributed by atoms with Crippen molar-refractivity contribution < 1.29 is 9.47 Å². The van der Waals surface area contributed by atoms with E-state index in [-0.39, 0.29) is 5.11 Å². The Labute approximate surface area is 150 Å². The number of hydrogen-bond donors (Lipinski definition) is 2. The van der Waals surface area contributed by atoms with Crippen LogP contribution in [0.4, 0.5) is 0 Å². The first kappa shape index (κ1) is 17.6. The third-order valence-corrected chi connectivity index (χ3v) is 4.56. The number of methoxy groups -OCH3 is 2. The number of nitrogens with zero attached hydrogens (tertiary/aromatic N) is 1. The number of allylic oxidation sites excluding steroid dienone is 2. The van der Waals surface area contributed by atoms with E-state index in [0.717, 1.165) is 23.5 Å². The van der Waals surface area contributed by atoms with Gasteiger partial charge in [-0.15, -0.1) is 0 Å². The number of nitrogens with two attached hydrogens (primary N) is 1. The van der Waals surface area contributed by atoms with Crippen LogP contribution in [0.15, 0.2) is 42.6 Å². The van der Waals surface area contributed by atoms with Crippen molar-refractivity contribution in [1.82, 2.24) is 10.2 Å². The van der Waals surface area contributed by atoms with E-state index in [9.17, 15) is 0 Å². The molecule has 0 amide bonds. The fraction of sp³-hybridized carbons (Fsp3) is 0.312. The summed E-state index contributed by atoms with van der Waals surface area (Å²) in [5.74, 6) is 1.62. The minimum Gasteiger partial charge on any atom is -0.496 e. The molecule has 0 bridgehead atoms. The molecule has 5 nitrogen and oxygen atoms in total. The number of alkyl halides is 1. The zero-order valence-electron chi connectivity index (χ0n) is 13.1. The van der Waals surface area contributed by atoms with E-state index in [1.165, 1.54) is 0 Å². The quantitative estimate of drug-likeness (QED) is 0.436. The standard InChI is InChI=1S/C16H20BrN3O2S/c1-21-13-6-5-7-14(22-2)12(13)8-11-20-10-4-3-9-16(20,17)19-15(18)23/h3-7,9-10H,8,11H2,1-2H3,(H3,18,19,23). The zero-order chi connectivity index (χ0) is 16.9. The predicted molar refractivity (Wildman–Crippen MR) is 99.8 cm³/mol. The van der Waals surface area contributed by atoms with Crippen LogP contribution in [0.1, 0.15) is 5.56 Å². The minimum atomic E-state index is -0.636. The molecule has 1 aliphatic rings. The van der Waals surface area contributed by atoms with Gasteiger partial charge >= 0.3 is 0 Å². The van der Waals surface area contributed by atoms with E-state index in [1.807, 2.05) is 42.6 Å². The summed E-state index contributed by atoms with van der Waals surface area (Å²) in [6, 6.07) is 5.77. The molecule has 0 aliphatic carbocycles. The van der Waals surface area contributed by atoms with E-state index in [1.54, 1.807) is 14.2 Å². The van der Waals surface area contributed by atoms with Gasteiger partial charge in [-0.25, -0.2) is 0 Å². The molecule has 0 radical (unpaired) electrons. The van der Waals surface area contributed by atoms with Gasteiger partial charge in [0, 0.05) is 18.3 Å². The monoisotopic (exact) mass is 397 g/mol. The van der Waals surface area contributed by atoms with Crippen molar-refractivity contribution in [2.24, 2.45) is 5.73 Å². The molecule has 1 aromatic carbocycles. The van der Waals surface area contributed by atoms with Gasteiger partial charge < -0.3 is 25.4 Å². The number of halogens is 1. The van der Waals surface area contributed by atoms with Crippen LogP contribution in [-0.4, -0.2) is 35.3 Å². The molecule has 2 rings (SSSR count). The molecule has 3 N–H and O–H groups in total. The number of thiocarbonyl (C=S) groups is 1. The second-order valence-electron chi connectivity index (χ2n) is 4.95. The van der Waals surface area contributed by atoms with Crippen molar-refractivity contribution in [1.29, 1.82) is 0 Å². The maximum Gasteiger partial charge on any atom is 0.189 e. The Balaban J connectivity index is 2.18. The van der Waals surface area contributed by atoms with Gasteiger partial charge in [-0.05, 0) is 58.9 Å². The Morgan fingerprint density at radius 3 is 2.52 bits per heavy atom. The molecule has 124 valence electrons. The van der Waals surface area contributed by atoms with E-state index in [4.69, 9.17) is 27.4 Å². The molecule has 1 unspecified atom stereocenters. The number of nitrogens with one attached hydrogen (secondary N) is 1. The third-order valence-electron chi connectivity index (χ3n) is 3.54. The molecule has 0 saturated carbocycles. The summed E-state index contributed by atoms with van der Waals surface area (Å²) in [4.78, 5) is 2.07. The van der Waals surface area contributed by atoms with Gasteiger partial charge in [-0.2, -0.15) is 0 Å². The lowest BCUT2D eigenvalue weighted by atomic mass is 10.1. The summed E-state index contributed by atoms with van der Waals surface area (Å²) < 4.78 is 10.3. The Morgan fingerprint density at radius 2 is 1.96 bits per heavy atom. The maximum atomic E-state index is 5.63. The van der Waals surface area contributed by atoms with Crippen LogP contribution in [0.2, 0.25) is 0 Å². The lowest BCUT2D eigenvalue weighted by Crippen LogP contribution is -2.55. The molecule has 0 spiro atoms. The Morgan fingerprint density at radius 1 is 1.30 bits per heavy atom. The van der Waals surface area contributed by atoms with Crippen molar-refractivity contribution >= 4 is 33.3 Å². The fourth-order valence-corrected chi connectivity index (χ4v) is 3.42. The number of rotatable bonds is 6. The van der Waals surface area contributed by atoms with Gasteiger partial charge in [0.2, 0.25) is 0 Å². The molecule has 1 heterocycles. The summed E-state index contributed by atoms with van der Waals surface area (Å²) in [6.45, 7) is 0.707. The normalized spacial score (nSPS) is 19.5. The Kier molecular flexibility index (Phi) is 5.90. The van der Waals surface area contributed by atoms with Crippen LogP contribution in [0.5, 0.6) is 11.5 Å². The first-order valence-electron chi connectivity index (χ1n) is 7.09. The fourth-order valence-electron chi connectivity index (χ4n) is 2.47. The molecule has 7 heteroatoms. The van der Waals surface area contributed by atoms with Crippen molar-refractivity contribution in [3.05, 3.63) is 48.2 Å². The van der Waals surface area contributed by atoms with Gasteiger partial charge in [-0.1, -0.05) is 12.1 Å². The van der Waals surface area contributed by atoms with Gasteiger partial charge in [-0.3, -0.25) is 0 Å². The van der Waals surface area contributed by atoms with Crippen LogP contribution >= 0.6 is 28.1 Å². The molecule has 0 fully saturated rings. The van der Waals surface area contributed by atoms with Crippen LogP contribution in [0.25, 0.3) is 0 Å². The third kappa shape index (κ3) is 4.17. The summed E-state index contributed by atoms with van der Waals surface area (Å²) in [5, 5.41) is 3.28. The first-order valence-corrected chi connectivity index (χ1v) is 8.29. The summed E-state index contributed by atoms with van der Waals surface area (Å²) in [5.41, 5.74) is 6.65. The van der Waals surface area contributed by atoms with E-state index in [2.05, 4.69) is 26.1 Å². The summed E-state index contributed by atoms with van der Waals surface area (Å²) >= 11 is 8.62. The van der Waals surface area contributed by atoms with E-state index < -0.39 is 4.57 Å². The van der Waals surface area contributed by atoms with Crippen LogP contribution in [0.3, 0.4) is 0 Å². The highest BCUT2D eigenvalue weighted by Crippen LogP contribution is 2.31. The van der Waals surface area contributed by atoms with Crippen LogP contribution in [0, 0.1) is 0 Å². The van der Waals surface area contributed by atoms with Crippen molar-refractivity contribution in [3.8, 4) is 11.5 Å². The molecule has 0 saturated heterocycles. The molecular weight excluding hydrogens is 378 g/mol. The second kappa shape index (κ2) is 7.70. The first-order chi connectivity index (χ1) is 11.0. The lowest BCUT2D eigenvalue weighted by Gasteiger charge is -2.39. The smallest absolute Gasteiger partial charge is 0.189 e.